The van der Waals surface area contributed by atoms with Gasteiger partial charge in [0.25, 0.3) is 11.8 Å². The fourth-order valence-corrected chi connectivity index (χ4v) is 3.85. The zero-order chi connectivity index (χ0) is 22.9. The highest BCUT2D eigenvalue weighted by atomic mass is 16.5. The van der Waals surface area contributed by atoms with Crippen molar-refractivity contribution >= 4 is 11.8 Å². The molecule has 1 atom stereocenters. The molecule has 2 amide bonds. The lowest BCUT2D eigenvalue weighted by Gasteiger charge is -2.38. The molecular weight excluding hydrogens is 408 g/mol. The zero-order valence-electron chi connectivity index (χ0n) is 18.2. The molecule has 2 fully saturated rings. The monoisotopic (exact) mass is 434 g/mol. The van der Waals surface area contributed by atoms with Crippen molar-refractivity contribution in [1.82, 2.24) is 14.9 Å². The van der Waals surface area contributed by atoms with E-state index >= 15 is 0 Å². The van der Waals surface area contributed by atoms with Gasteiger partial charge in [-0.15, -0.1) is 0 Å². The van der Waals surface area contributed by atoms with Gasteiger partial charge in [-0.2, -0.15) is 0 Å². The molecule has 166 valence electrons. The van der Waals surface area contributed by atoms with Crippen LogP contribution < -0.4 is 5.73 Å². The first-order valence-corrected chi connectivity index (χ1v) is 10.5. The molecule has 0 unspecified atom stereocenters. The molecule has 2 saturated heterocycles. The Morgan fingerprint density at radius 1 is 1.38 bits per heavy atom. The maximum atomic E-state index is 12.1. The summed E-state index contributed by atoms with van der Waals surface area (Å²) in [6.07, 6.45) is 3.43. The molecule has 3 heterocycles. The van der Waals surface area contributed by atoms with E-state index in [4.69, 9.17) is 10.5 Å². The van der Waals surface area contributed by atoms with Gasteiger partial charge in [-0.1, -0.05) is 30.9 Å². The van der Waals surface area contributed by atoms with Crippen molar-refractivity contribution in [3.8, 4) is 23.2 Å². The lowest BCUT2D eigenvalue weighted by Crippen LogP contribution is -2.40. The number of aliphatic hydroxyl groups is 1. The number of amides is 2. The van der Waals surface area contributed by atoms with E-state index in [0.29, 0.717) is 43.1 Å². The number of likely N-dealkylation sites (tertiary alicyclic amines) is 1. The van der Waals surface area contributed by atoms with Crippen LogP contribution in [0.5, 0.6) is 0 Å². The Kier molecular flexibility index (Phi) is 5.71. The molecule has 8 heteroatoms. The maximum Gasteiger partial charge on any atom is 0.267 e. The summed E-state index contributed by atoms with van der Waals surface area (Å²) in [6, 6.07) is 7.12. The summed E-state index contributed by atoms with van der Waals surface area (Å²) < 4.78 is 5.29. The molecule has 0 saturated carbocycles. The standard InChI is InChI=1S/C24H26N4O4/c1-23(14-32-15-23)8-7-18-13-26-21(27-19(18)20(25)29)17-5-3-4-16(12-17)6-9-24(31)10-11-28(2)22(24)30/h3-5,12-13,31H,7-8,10-11,14-15H2,1-2H3,(H2,25,29)/t24-/m0/s1. The van der Waals surface area contributed by atoms with Gasteiger partial charge in [0.15, 0.2) is 5.82 Å². The summed E-state index contributed by atoms with van der Waals surface area (Å²) in [7, 11) is 1.64. The van der Waals surface area contributed by atoms with Crippen LogP contribution in [0.4, 0.5) is 0 Å². The Bertz CT molecular complexity index is 1130. The predicted molar refractivity (Wildman–Crippen MR) is 117 cm³/mol. The van der Waals surface area contributed by atoms with E-state index in [2.05, 4.69) is 28.7 Å². The molecule has 0 spiro atoms. The van der Waals surface area contributed by atoms with Gasteiger partial charge in [0.05, 0.1) is 13.2 Å². The first-order valence-electron chi connectivity index (χ1n) is 10.5. The number of rotatable bonds is 5. The van der Waals surface area contributed by atoms with E-state index in [1.165, 1.54) is 4.90 Å². The second-order valence-electron chi connectivity index (χ2n) is 8.90. The largest absolute Gasteiger partial charge is 0.380 e. The smallest absolute Gasteiger partial charge is 0.267 e. The third kappa shape index (κ3) is 4.35. The van der Waals surface area contributed by atoms with E-state index < -0.39 is 17.4 Å². The Balaban J connectivity index is 1.58. The summed E-state index contributed by atoms with van der Waals surface area (Å²) in [4.78, 5) is 34.5. The summed E-state index contributed by atoms with van der Waals surface area (Å²) in [5.41, 5.74) is 6.23. The predicted octanol–water partition coefficient (Wildman–Crippen LogP) is 1.16. The van der Waals surface area contributed by atoms with Crippen molar-refractivity contribution < 1.29 is 19.4 Å². The van der Waals surface area contributed by atoms with Crippen molar-refractivity contribution in [3.63, 3.8) is 0 Å². The number of benzene rings is 1. The topological polar surface area (TPSA) is 119 Å². The number of aryl methyl sites for hydroxylation is 1. The Labute approximate surface area is 186 Å². The van der Waals surface area contributed by atoms with Crippen molar-refractivity contribution in [2.75, 3.05) is 26.8 Å². The van der Waals surface area contributed by atoms with E-state index in [0.717, 1.165) is 12.0 Å². The molecule has 4 rings (SSSR count). The van der Waals surface area contributed by atoms with Crippen molar-refractivity contribution in [2.45, 2.75) is 31.8 Å². The van der Waals surface area contributed by atoms with E-state index in [1.807, 2.05) is 0 Å². The van der Waals surface area contributed by atoms with Crippen LogP contribution in [0.3, 0.4) is 0 Å². The summed E-state index contributed by atoms with van der Waals surface area (Å²) in [6.45, 7) is 4.04. The van der Waals surface area contributed by atoms with Crippen molar-refractivity contribution in [2.24, 2.45) is 11.1 Å². The van der Waals surface area contributed by atoms with E-state index in [1.54, 1.807) is 37.5 Å². The molecule has 2 aromatic rings. The fourth-order valence-electron chi connectivity index (χ4n) is 3.85. The van der Waals surface area contributed by atoms with Crippen LogP contribution in [0.15, 0.2) is 30.5 Å². The van der Waals surface area contributed by atoms with Gasteiger partial charge in [0.2, 0.25) is 5.60 Å². The molecule has 32 heavy (non-hydrogen) atoms. The molecule has 3 N–H and O–H groups in total. The number of nitrogens with zero attached hydrogens (tertiary/aromatic N) is 3. The van der Waals surface area contributed by atoms with Gasteiger partial charge >= 0.3 is 0 Å². The van der Waals surface area contributed by atoms with Crippen LogP contribution >= 0.6 is 0 Å². The minimum atomic E-state index is -1.66. The number of nitrogens with two attached hydrogens (primary N) is 1. The van der Waals surface area contributed by atoms with Gasteiger partial charge in [0.1, 0.15) is 5.69 Å². The highest BCUT2D eigenvalue weighted by molar-refractivity contribution is 5.92. The molecule has 1 aromatic carbocycles. The molecule has 2 aliphatic heterocycles. The molecule has 0 aliphatic carbocycles. The minimum absolute atomic E-state index is 0.111. The Hall–Kier alpha value is -3.28. The second kappa shape index (κ2) is 8.34. The zero-order valence-corrected chi connectivity index (χ0v) is 18.2. The van der Waals surface area contributed by atoms with Gasteiger partial charge in [-0.05, 0) is 25.0 Å². The van der Waals surface area contributed by atoms with E-state index in [-0.39, 0.29) is 17.5 Å². The van der Waals surface area contributed by atoms with Crippen LogP contribution in [-0.4, -0.2) is 64.2 Å². The van der Waals surface area contributed by atoms with Crippen LogP contribution in [0.2, 0.25) is 0 Å². The molecular formula is C24H26N4O4. The van der Waals surface area contributed by atoms with Gasteiger partial charge < -0.3 is 20.5 Å². The number of carbonyl (C=O) groups is 2. The maximum absolute atomic E-state index is 12.1. The second-order valence-corrected chi connectivity index (χ2v) is 8.90. The Morgan fingerprint density at radius 3 is 2.78 bits per heavy atom. The average molecular weight is 434 g/mol. The molecule has 2 aliphatic rings. The first-order chi connectivity index (χ1) is 15.2. The highest BCUT2D eigenvalue weighted by Gasteiger charge is 2.42. The number of ether oxygens (including phenoxy) is 1. The summed E-state index contributed by atoms with van der Waals surface area (Å²) >= 11 is 0. The van der Waals surface area contributed by atoms with Gasteiger partial charge in [-0.25, -0.2) is 9.97 Å². The number of hydrogen-bond donors (Lipinski definition) is 2. The normalized spacial score (nSPS) is 21.6. The van der Waals surface area contributed by atoms with E-state index in [9.17, 15) is 14.7 Å². The van der Waals surface area contributed by atoms with Crippen LogP contribution in [0.1, 0.15) is 41.4 Å². The van der Waals surface area contributed by atoms with Crippen molar-refractivity contribution in [1.29, 1.82) is 0 Å². The SMILES string of the molecule is CN1CC[C@@](O)(C#Cc2cccc(-c3ncc(CCC4(C)COC4)c(C(N)=O)n3)c2)C1=O. The lowest BCUT2D eigenvalue weighted by molar-refractivity contribution is -0.137. The minimum Gasteiger partial charge on any atom is -0.380 e. The lowest BCUT2D eigenvalue weighted by atomic mass is 9.82. The summed E-state index contributed by atoms with van der Waals surface area (Å²) in [5.74, 6) is 4.95. The quantitative estimate of drug-likeness (QED) is 0.682. The number of aromatic nitrogens is 2. The average Bonchev–Trinajstić information content (AvgIpc) is 3.03. The van der Waals surface area contributed by atoms with Crippen LogP contribution in [0, 0.1) is 17.3 Å². The third-order valence-electron chi connectivity index (χ3n) is 6.04. The number of hydrogen-bond acceptors (Lipinski definition) is 6. The van der Waals surface area contributed by atoms with Crippen LogP contribution in [-0.2, 0) is 16.0 Å². The fraction of sp³-hybridized carbons (Fsp3) is 0.417. The summed E-state index contributed by atoms with van der Waals surface area (Å²) in [5, 5.41) is 10.5. The van der Waals surface area contributed by atoms with Crippen LogP contribution in [0.25, 0.3) is 11.4 Å². The molecule has 1 aromatic heterocycles. The van der Waals surface area contributed by atoms with Gasteiger partial charge in [-0.3, -0.25) is 9.59 Å². The van der Waals surface area contributed by atoms with Crippen molar-refractivity contribution in [3.05, 3.63) is 47.3 Å². The third-order valence-corrected chi connectivity index (χ3v) is 6.04. The molecule has 8 nitrogen and oxygen atoms in total. The molecule has 0 radical (unpaired) electrons. The number of primary amides is 1. The highest BCUT2D eigenvalue weighted by Crippen LogP contribution is 2.32. The number of carbonyl (C=O) groups excluding carboxylic acids is 2. The van der Waals surface area contributed by atoms with Gasteiger partial charge in [0, 0.05) is 48.3 Å². The number of likely N-dealkylation sites (N-methyl/N-ethyl adjacent to an activating group) is 1. The first kappa shape index (κ1) is 21.9. The Morgan fingerprint density at radius 2 is 2.16 bits per heavy atom. The molecule has 0 bridgehead atoms.